The molecule has 0 spiro atoms. The number of nitrogens with zero attached hydrogens (tertiary/aromatic N) is 1. The van der Waals surface area contributed by atoms with Gasteiger partial charge in [-0.2, -0.15) is 0 Å². The zero-order chi connectivity index (χ0) is 22.1. The van der Waals surface area contributed by atoms with Crippen LogP contribution in [0.2, 0.25) is 5.02 Å². The molecule has 1 unspecified atom stereocenters. The van der Waals surface area contributed by atoms with Crippen molar-refractivity contribution in [2.75, 3.05) is 20.3 Å². The largest absolute Gasteiger partial charge is 0.492 e. The normalized spacial score (nSPS) is 15.3. The summed E-state index contributed by atoms with van der Waals surface area (Å²) in [7, 11) is 1.65. The van der Waals surface area contributed by atoms with Crippen LogP contribution in [0.4, 0.5) is 4.79 Å². The maximum Gasteiger partial charge on any atom is 0.410 e. The van der Waals surface area contributed by atoms with Crippen LogP contribution in [-0.4, -0.2) is 31.0 Å². The van der Waals surface area contributed by atoms with E-state index >= 15 is 0 Å². The van der Waals surface area contributed by atoms with Gasteiger partial charge < -0.3 is 24.5 Å². The molecule has 1 amide bonds. The van der Waals surface area contributed by atoms with Crippen molar-refractivity contribution in [1.82, 2.24) is 4.57 Å². The minimum atomic E-state index is -1.02. The predicted molar refractivity (Wildman–Crippen MR) is 116 cm³/mol. The van der Waals surface area contributed by atoms with E-state index in [0.29, 0.717) is 36.1 Å². The Morgan fingerprint density at radius 2 is 1.97 bits per heavy atom. The van der Waals surface area contributed by atoms with E-state index in [-0.39, 0.29) is 17.2 Å². The van der Waals surface area contributed by atoms with Crippen LogP contribution in [0.25, 0.3) is 11.3 Å². The number of pyridine rings is 1. The van der Waals surface area contributed by atoms with Crippen LogP contribution in [0.5, 0.6) is 11.5 Å². The molecule has 8 heteroatoms. The number of methoxy groups -OCH3 is 1. The van der Waals surface area contributed by atoms with Gasteiger partial charge in [-0.25, -0.2) is 4.79 Å². The van der Waals surface area contributed by atoms with Crippen LogP contribution in [0.15, 0.2) is 29.2 Å². The molecule has 162 valence electrons. The van der Waals surface area contributed by atoms with E-state index in [1.54, 1.807) is 13.3 Å². The lowest BCUT2D eigenvalue weighted by Gasteiger charge is -2.39. The fourth-order valence-electron chi connectivity index (χ4n) is 3.72. The Bertz CT molecular complexity index is 1010. The number of carbonyl (C=O) groups excluding carboxylic acids is 1. The number of aromatic nitrogens is 1. The molecular weight excluding hydrogens is 408 g/mol. The molecule has 0 bridgehead atoms. The van der Waals surface area contributed by atoms with E-state index in [9.17, 15) is 9.59 Å². The summed E-state index contributed by atoms with van der Waals surface area (Å²) in [6, 6.07) is 5.25. The van der Waals surface area contributed by atoms with E-state index in [1.165, 1.54) is 6.07 Å². The molecule has 0 saturated heterocycles. The number of halogens is 1. The lowest BCUT2D eigenvalue weighted by molar-refractivity contribution is 0.172. The number of hydrogen-bond acceptors (Lipinski definition) is 5. The summed E-state index contributed by atoms with van der Waals surface area (Å²) in [5.74, 6) is 0.525. The van der Waals surface area contributed by atoms with Crippen molar-refractivity contribution in [2.24, 2.45) is 11.1 Å². The highest BCUT2D eigenvalue weighted by molar-refractivity contribution is 6.32. The van der Waals surface area contributed by atoms with Crippen LogP contribution in [0.1, 0.15) is 38.8 Å². The SMILES string of the molecule is COCCCOc1cc2c(cc1Cl)-c1cc(=O)c(OC(N)=O)cn1C(C(C)(C)C)C2. The Labute approximate surface area is 180 Å². The van der Waals surface area contributed by atoms with Gasteiger partial charge in [-0.1, -0.05) is 32.4 Å². The number of nitrogens with two attached hydrogens (primary N) is 1. The van der Waals surface area contributed by atoms with Crippen LogP contribution < -0.4 is 20.6 Å². The lowest BCUT2D eigenvalue weighted by Crippen LogP contribution is -2.32. The van der Waals surface area contributed by atoms with Gasteiger partial charge in [0.25, 0.3) is 0 Å². The standard InChI is InChI=1S/C22H27ClN2O5/c1-22(2,3)20-9-13-8-18(29-7-5-6-28-4)15(23)10-14(13)16-11-17(26)19(12-25(16)20)30-21(24)27/h8,10-12,20H,5-7,9H2,1-4H3,(H2,24,27). The van der Waals surface area contributed by atoms with Gasteiger partial charge in [0.15, 0.2) is 5.75 Å². The molecule has 1 atom stereocenters. The van der Waals surface area contributed by atoms with Crippen molar-refractivity contribution in [1.29, 1.82) is 0 Å². The first-order valence-corrected chi connectivity index (χ1v) is 10.2. The van der Waals surface area contributed by atoms with Crippen LogP contribution in [0.3, 0.4) is 0 Å². The second-order valence-electron chi connectivity index (χ2n) is 8.44. The quantitative estimate of drug-likeness (QED) is 0.688. The van der Waals surface area contributed by atoms with Gasteiger partial charge in [-0.3, -0.25) is 4.79 Å². The minimum Gasteiger partial charge on any atom is -0.492 e. The number of fused-ring (bicyclic) bond motifs is 3. The van der Waals surface area contributed by atoms with Crippen molar-refractivity contribution in [3.05, 3.63) is 45.2 Å². The molecule has 0 fully saturated rings. The van der Waals surface area contributed by atoms with Gasteiger partial charge in [0.05, 0.1) is 23.5 Å². The van der Waals surface area contributed by atoms with Crippen LogP contribution >= 0.6 is 11.6 Å². The third-order valence-corrected chi connectivity index (χ3v) is 5.48. The van der Waals surface area contributed by atoms with Gasteiger partial charge in [0.2, 0.25) is 5.43 Å². The zero-order valence-electron chi connectivity index (χ0n) is 17.7. The van der Waals surface area contributed by atoms with Gasteiger partial charge in [0, 0.05) is 37.8 Å². The molecule has 3 rings (SSSR count). The number of rotatable bonds is 6. The lowest BCUT2D eigenvalue weighted by atomic mass is 9.79. The molecule has 1 aromatic carbocycles. The molecule has 0 radical (unpaired) electrons. The van der Waals surface area contributed by atoms with Gasteiger partial charge in [0.1, 0.15) is 5.75 Å². The maximum absolute atomic E-state index is 12.5. The first-order valence-electron chi connectivity index (χ1n) is 9.80. The molecule has 2 N–H and O–H groups in total. The number of hydrogen-bond donors (Lipinski definition) is 1. The van der Waals surface area contributed by atoms with Crippen molar-refractivity contribution >= 4 is 17.7 Å². The fraction of sp³-hybridized carbons (Fsp3) is 0.455. The predicted octanol–water partition coefficient (Wildman–Crippen LogP) is 4.18. The molecule has 2 heterocycles. The Hall–Kier alpha value is -2.51. The first kappa shape index (κ1) is 22.2. The maximum atomic E-state index is 12.5. The summed E-state index contributed by atoms with van der Waals surface area (Å²) in [6.45, 7) is 7.48. The average Bonchev–Trinajstić information content (AvgIpc) is 2.65. The average molecular weight is 435 g/mol. The minimum absolute atomic E-state index is 0.0124. The summed E-state index contributed by atoms with van der Waals surface area (Å²) in [5.41, 5.74) is 7.17. The molecule has 1 aliphatic heterocycles. The molecule has 7 nitrogen and oxygen atoms in total. The smallest absolute Gasteiger partial charge is 0.410 e. The molecule has 1 aromatic heterocycles. The van der Waals surface area contributed by atoms with E-state index in [0.717, 1.165) is 17.5 Å². The topological polar surface area (TPSA) is 92.8 Å². The van der Waals surface area contributed by atoms with Crippen molar-refractivity contribution < 1.29 is 19.0 Å². The fourth-order valence-corrected chi connectivity index (χ4v) is 3.94. The third kappa shape index (κ3) is 4.63. The molecule has 30 heavy (non-hydrogen) atoms. The van der Waals surface area contributed by atoms with Gasteiger partial charge in [-0.15, -0.1) is 0 Å². The van der Waals surface area contributed by atoms with E-state index in [4.69, 9.17) is 31.5 Å². The molecule has 1 aliphatic rings. The Kier molecular flexibility index (Phi) is 6.43. The highest BCUT2D eigenvalue weighted by atomic mass is 35.5. The molecule has 2 aromatic rings. The summed E-state index contributed by atoms with van der Waals surface area (Å²) < 4.78 is 17.8. The van der Waals surface area contributed by atoms with Crippen LogP contribution in [-0.2, 0) is 11.2 Å². The summed E-state index contributed by atoms with van der Waals surface area (Å²) in [6.07, 6.45) is 2.00. The van der Waals surface area contributed by atoms with Gasteiger partial charge >= 0.3 is 6.09 Å². The number of primary amides is 1. The molecule has 0 aliphatic carbocycles. The summed E-state index contributed by atoms with van der Waals surface area (Å²) in [4.78, 5) is 23.7. The second-order valence-corrected chi connectivity index (χ2v) is 8.84. The number of benzene rings is 1. The Balaban J connectivity index is 2.08. The zero-order valence-corrected chi connectivity index (χ0v) is 18.4. The van der Waals surface area contributed by atoms with Crippen molar-refractivity contribution in [3.63, 3.8) is 0 Å². The van der Waals surface area contributed by atoms with Crippen molar-refractivity contribution in [2.45, 2.75) is 39.7 Å². The Morgan fingerprint density at radius 3 is 2.60 bits per heavy atom. The summed E-state index contributed by atoms with van der Waals surface area (Å²) >= 11 is 6.48. The highest BCUT2D eigenvalue weighted by Crippen LogP contribution is 2.45. The third-order valence-electron chi connectivity index (χ3n) is 5.19. The van der Waals surface area contributed by atoms with Gasteiger partial charge in [-0.05, 0) is 29.5 Å². The summed E-state index contributed by atoms with van der Waals surface area (Å²) in [5, 5.41) is 0.469. The molecule has 0 saturated carbocycles. The number of ether oxygens (including phenoxy) is 3. The monoisotopic (exact) mass is 434 g/mol. The van der Waals surface area contributed by atoms with Crippen molar-refractivity contribution in [3.8, 4) is 22.8 Å². The van der Waals surface area contributed by atoms with E-state index < -0.39 is 11.5 Å². The first-order chi connectivity index (χ1) is 14.1. The second kappa shape index (κ2) is 8.70. The van der Waals surface area contributed by atoms with E-state index in [1.807, 2.05) is 16.7 Å². The number of carbonyl (C=O) groups is 1. The van der Waals surface area contributed by atoms with E-state index in [2.05, 4.69) is 20.8 Å². The Morgan fingerprint density at radius 1 is 1.23 bits per heavy atom. The molecular formula is C22H27ClN2O5. The van der Waals surface area contributed by atoms with Crippen LogP contribution in [0, 0.1) is 5.41 Å². The number of amides is 1. The highest BCUT2D eigenvalue weighted by Gasteiger charge is 2.33.